The minimum atomic E-state index is 0.0412. The van der Waals surface area contributed by atoms with Gasteiger partial charge in [0.05, 0.1) is 0 Å². The molecule has 0 radical (unpaired) electrons. The quantitative estimate of drug-likeness (QED) is 0.887. The van der Waals surface area contributed by atoms with Crippen molar-refractivity contribution in [2.75, 3.05) is 13.1 Å². The Balaban J connectivity index is 1.52. The van der Waals surface area contributed by atoms with E-state index in [9.17, 15) is 9.59 Å². The van der Waals surface area contributed by atoms with Crippen LogP contribution in [0.1, 0.15) is 48.0 Å². The molecule has 124 valence electrons. The van der Waals surface area contributed by atoms with E-state index in [4.69, 9.17) is 5.73 Å². The number of rotatable bonds is 4. The molecule has 5 heteroatoms. The van der Waals surface area contributed by atoms with Gasteiger partial charge in [0.2, 0.25) is 5.91 Å². The molecule has 1 aliphatic carbocycles. The van der Waals surface area contributed by atoms with Crippen molar-refractivity contribution in [1.29, 1.82) is 0 Å². The number of amides is 2. The molecule has 1 aromatic carbocycles. The lowest BCUT2D eigenvalue weighted by molar-refractivity contribution is -0.124. The summed E-state index contributed by atoms with van der Waals surface area (Å²) < 4.78 is 0. The number of hydrogen-bond acceptors (Lipinski definition) is 3. The Kier molecular flexibility index (Phi) is 4.96. The van der Waals surface area contributed by atoms with Crippen molar-refractivity contribution in [2.45, 2.75) is 44.7 Å². The molecule has 0 unspecified atom stereocenters. The fraction of sp³-hybridized carbons (Fsp3) is 0.556. The standard InChI is InChI=1S/C18H25N3O2/c19-16-9-10-21(12-16)18(23)15-7-5-13(6-8-15)11-20-17(22)14-3-1-2-4-14/h5-8,14,16H,1-4,9-12,19H2,(H,20,22)/t16-/m1/s1. The summed E-state index contributed by atoms with van der Waals surface area (Å²) in [6.45, 7) is 1.90. The molecule has 2 fully saturated rings. The molecule has 2 amide bonds. The summed E-state index contributed by atoms with van der Waals surface area (Å²) in [5.41, 5.74) is 7.56. The fourth-order valence-electron chi connectivity index (χ4n) is 3.44. The first-order chi connectivity index (χ1) is 11.1. The van der Waals surface area contributed by atoms with E-state index in [0.29, 0.717) is 18.7 Å². The molecule has 23 heavy (non-hydrogen) atoms. The van der Waals surface area contributed by atoms with E-state index in [1.807, 2.05) is 29.2 Å². The minimum Gasteiger partial charge on any atom is -0.352 e. The Bertz CT molecular complexity index is 564. The maximum atomic E-state index is 12.3. The summed E-state index contributed by atoms with van der Waals surface area (Å²) >= 11 is 0. The van der Waals surface area contributed by atoms with Gasteiger partial charge in [-0.1, -0.05) is 25.0 Å². The van der Waals surface area contributed by atoms with Crippen LogP contribution >= 0.6 is 0 Å². The lowest BCUT2D eigenvalue weighted by Gasteiger charge is -2.16. The van der Waals surface area contributed by atoms with Crippen LogP contribution in [0.2, 0.25) is 0 Å². The fourth-order valence-corrected chi connectivity index (χ4v) is 3.44. The molecule has 0 bridgehead atoms. The van der Waals surface area contributed by atoms with Crippen molar-refractivity contribution in [3.63, 3.8) is 0 Å². The SMILES string of the molecule is N[C@@H]1CCN(C(=O)c2ccc(CNC(=O)C3CCCC3)cc2)C1. The second kappa shape index (κ2) is 7.13. The van der Waals surface area contributed by atoms with Gasteiger partial charge in [0.15, 0.2) is 0 Å². The molecule has 0 aromatic heterocycles. The van der Waals surface area contributed by atoms with E-state index in [-0.39, 0.29) is 23.8 Å². The molecule has 1 aromatic rings. The van der Waals surface area contributed by atoms with E-state index in [1.54, 1.807) is 0 Å². The van der Waals surface area contributed by atoms with Crippen LogP contribution in [-0.2, 0) is 11.3 Å². The number of nitrogens with two attached hydrogens (primary N) is 1. The van der Waals surface area contributed by atoms with E-state index >= 15 is 0 Å². The van der Waals surface area contributed by atoms with Gasteiger partial charge in [0.25, 0.3) is 5.91 Å². The van der Waals surface area contributed by atoms with Gasteiger partial charge in [0, 0.05) is 37.2 Å². The Morgan fingerprint density at radius 2 is 1.83 bits per heavy atom. The van der Waals surface area contributed by atoms with E-state index in [1.165, 1.54) is 0 Å². The molecule has 1 aliphatic heterocycles. The van der Waals surface area contributed by atoms with Crippen LogP contribution in [0.25, 0.3) is 0 Å². The average molecular weight is 315 g/mol. The van der Waals surface area contributed by atoms with Gasteiger partial charge in [-0.25, -0.2) is 0 Å². The smallest absolute Gasteiger partial charge is 0.253 e. The first-order valence-corrected chi connectivity index (χ1v) is 8.55. The molecule has 1 saturated heterocycles. The highest BCUT2D eigenvalue weighted by Gasteiger charge is 2.24. The molecule has 0 spiro atoms. The third kappa shape index (κ3) is 3.91. The Morgan fingerprint density at radius 1 is 1.13 bits per heavy atom. The van der Waals surface area contributed by atoms with Crippen molar-refractivity contribution in [3.05, 3.63) is 35.4 Å². The largest absolute Gasteiger partial charge is 0.352 e. The molecule has 1 atom stereocenters. The predicted molar refractivity (Wildman–Crippen MR) is 88.7 cm³/mol. The van der Waals surface area contributed by atoms with Gasteiger partial charge in [-0.2, -0.15) is 0 Å². The van der Waals surface area contributed by atoms with Crippen molar-refractivity contribution >= 4 is 11.8 Å². The zero-order chi connectivity index (χ0) is 16.2. The van der Waals surface area contributed by atoms with Gasteiger partial charge in [-0.15, -0.1) is 0 Å². The van der Waals surface area contributed by atoms with Gasteiger partial charge >= 0.3 is 0 Å². The maximum absolute atomic E-state index is 12.3. The number of nitrogens with one attached hydrogen (secondary N) is 1. The predicted octanol–water partition coefficient (Wildman–Crippen LogP) is 1.67. The molecule has 3 rings (SSSR count). The van der Waals surface area contributed by atoms with Crippen molar-refractivity contribution in [2.24, 2.45) is 11.7 Å². The summed E-state index contributed by atoms with van der Waals surface area (Å²) in [6.07, 6.45) is 5.22. The highest BCUT2D eigenvalue weighted by atomic mass is 16.2. The van der Waals surface area contributed by atoms with Crippen LogP contribution in [-0.4, -0.2) is 35.8 Å². The summed E-state index contributed by atoms with van der Waals surface area (Å²) in [4.78, 5) is 26.2. The van der Waals surface area contributed by atoms with Gasteiger partial charge in [0.1, 0.15) is 0 Å². The lowest BCUT2D eigenvalue weighted by atomic mass is 10.1. The first-order valence-electron chi connectivity index (χ1n) is 8.55. The number of hydrogen-bond donors (Lipinski definition) is 2. The molecule has 5 nitrogen and oxygen atoms in total. The summed E-state index contributed by atoms with van der Waals surface area (Å²) in [6, 6.07) is 7.60. The Hall–Kier alpha value is -1.88. The number of likely N-dealkylation sites (tertiary alicyclic amines) is 1. The number of benzene rings is 1. The lowest BCUT2D eigenvalue weighted by Crippen LogP contribution is -2.32. The second-order valence-electron chi connectivity index (χ2n) is 6.70. The minimum absolute atomic E-state index is 0.0412. The van der Waals surface area contributed by atoms with Crippen LogP contribution in [0, 0.1) is 5.92 Å². The average Bonchev–Trinajstić information content (AvgIpc) is 3.24. The summed E-state index contributed by atoms with van der Waals surface area (Å²) in [7, 11) is 0. The highest BCUT2D eigenvalue weighted by Crippen LogP contribution is 2.24. The Morgan fingerprint density at radius 3 is 2.43 bits per heavy atom. The number of carbonyl (C=O) groups is 2. The van der Waals surface area contributed by atoms with Gasteiger partial charge < -0.3 is 16.0 Å². The molecule has 1 saturated carbocycles. The van der Waals surface area contributed by atoms with E-state index in [0.717, 1.165) is 44.2 Å². The molecule has 3 N–H and O–H groups in total. The van der Waals surface area contributed by atoms with Crippen LogP contribution in [0.4, 0.5) is 0 Å². The van der Waals surface area contributed by atoms with Gasteiger partial charge in [-0.05, 0) is 37.0 Å². The van der Waals surface area contributed by atoms with Crippen LogP contribution < -0.4 is 11.1 Å². The van der Waals surface area contributed by atoms with E-state index in [2.05, 4.69) is 5.32 Å². The second-order valence-corrected chi connectivity index (χ2v) is 6.70. The van der Waals surface area contributed by atoms with Gasteiger partial charge in [-0.3, -0.25) is 9.59 Å². The van der Waals surface area contributed by atoms with Crippen LogP contribution in [0.5, 0.6) is 0 Å². The highest BCUT2D eigenvalue weighted by molar-refractivity contribution is 5.94. The third-order valence-electron chi connectivity index (χ3n) is 4.91. The summed E-state index contributed by atoms with van der Waals surface area (Å²) in [5, 5.41) is 3.00. The first kappa shape index (κ1) is 16.0. The summed E-state index contributed by atoms with van der Waals surface area (Å²) in [5.74, 6) is 0.392. The van der Waals surface area contributed by atoms with Crippen molar-refractivity contribution < 1.29 is 9.59 Å². The van der Waals surface area contributed by atoms with E-state index < -0.39 is 0 Å². The topological polar surface area (TPSA) is 75.4 Å². The van der Waals surface area contributed by atoms with Crippen LogP contribution in [0.15, 0.2) is 24.3 Å². The number of nitrogens with zero attached hydrogens (tertiary/aromatic N) is 1. The zero-order valence-corrected chi connectivity index (χ0v) is 13.5. The van der Waals surface area contributed by atoms with Crippen molar-refractivity contribution in [3.8, 4) is 0 Å². The maximum Gasteiger partial charge on any atom is 0.253 e. The third-order valence-corrected chi connectivity index (χ3v) is 4.91. The molecular weight excluding hydrogens is 290 g/mol. The van der Waals surface area contributed by atoms with Crippen molar-refractivity contribution in [1.82, 2.24) is 10.2 Å². The molecule has 2 aliphatic rings. The molecule has 1 heterocycles. The number of carbonyl (C=O) groups excluding carboxylic acids is 2. The monoisotopic (exact) mass is 315 g/mol. The normalized spacial score (nSPS) is 21.6. The zero-order valence-electron chi connectivity index (χ0n) is 13.5. The van der Waals surface area contributed by atoms with Crippen LogP contribution in [0.3, 0.4) is 0 Å². The molecular formula is C18H25N3O2. The Labute approximate surface area is 137 Å².